The zero-order chi connectivity index (χ0) is 27.0. The second-order valence-electron chi connectivity index (χ2n) is 10.8. The van der Waals surface area contributed by atoms with Gasteiger partial charge in [0.2, 0.25) is 0 Å². The van der Waals surface area contributed by atoms with Crippen molar-refractivity contribution >= 4 is 27.4 Å². The van der Waals surface area contributed by atoms with Gasteiger partial charge in [0.25, 0.3) is 0 Å². The first-order valence-electron chi connectivity index (χ1n) is 13.3. The molecule has 0 spiro atoms. The number of aliphatic hydroxyl groups is 6. The predicted molar refractivity (Wildman–Crippen MR) is 142 cm³/mol. The summed E-state index contributed by atoms with van der Waals surface area (Å²) in [6.07, 6.45) is 2.92. The normalized spacial score (nSPS) is 23.9. The van der Waals surface area contributed by atoms with Gasteiger partial charge < -0.3 is 35.7 Å². The van der Waals surface area contributed by atoms with Crippen LogP contribution in [0.2, 0.25) is 0 Å². The number of carboxylic acid groups (broad SMARTS) is 1. The van der Waals surface area contributed by atoms with Crippen molar-refractivity contribution in [2.45, 2.75) is 76.1 Å². The number of thiophene rings is 1. The first-order valence-corrected chi connectivity index (χ1v) is 14.1. The Balaban J connectivity index is 1.47. The molecule has 1 aromatic carbocycles. The first-order chi connectivity index (χ1) is 17.7. The van der Waals surface area contributed by atoms with Crippen LogP contribution in [0, 0.1) is 23.2 Å². The van der Waals surface area contributed by atoms with Crippen LogP contribution in [-0.4, -0.2) is 73.7 Å². The van der Waals surface area contributed by atoms with Gasteiger partial charge in [0.1, 0.15) is 0 Å². The summed E-state index contributed by atoms with van der Waals surface area (Å²) in [5.74, 6) is -1.93. The molecular weight excluding hydrogens is 496 g/mol. The van der Waals surface area contributed by atoms with E-state index in [1.807, 2.05) is 30.3 Å². The number of carbonyl (C=O) groups is 1. The summed E-state index contributed by atoms with van der Waals surface area (Å²) in [7, 11) is 0. The third-order valence-electron chi connectivity index (χ3n) is 8.19. The van der Waals surface area contributed by atoms with Crippen LogP contribution in [-0.2, 0) is 4.79 Å². The summed E-state index contributed by atoms with van der Waals surface area (Å²) >= 11 is 1.58. The van der Waals surface area contributed by atoms with Crippen molar-refractivity contribution in [2.75, 3.05) is 19.8 Å². The molecular formula is C28H42O8S. The largest absolute Gasteiger partial charge is 0.481 e. The number of aliphatic carboxylic acids is 1. The van der Waals surface area contributed by atoms with Crippen LogP contribution >= 0.6 is 11.3 Å². The van der Waals surface area contributed by atoms with Gasteiger partial charge in [0.15, 0.2) is 0 Å². The zero-order valence-electron chi connectivity index (χ0n) is 21.3. The summed E-state index contributed by atoms with van der Waals surface area (Å²) in [6, 6.07) is 10.0. The van der Waals surface area contributed by atoms with E-state index < -0.39 is 55.4 Å². The molecule has 2 aromatic rings. The number of benzene rings is 1. The number of fused-ring (bicyclic) bond motifs is 1. The molecule has 1 saturated carbocycles. The molecule has 208 valence electrons. The average Bonchev–Trinajstić information content (AvgIpc) is 3.44. The van der Waals surface area contributed by atoms with Gasteiger partial charge in [-0.05, 0) is 67.9 Å². The lowest BCUT2D eigenvalue weighted by Gasteiger charge is -2.30. The number of hydrogen-bond donors (Lipinski definition) is 7. The molecule has 1 aromatic heterocycles. The van der Waals surface area contributed by atoms with Gasteiger partial charge in [-0.15, -0.1) is 11.3 Å². The van der Waals surface area contributed by atoms with Crippen molar-refractivity contribution in [3.8, 4) is 0 Å². The van der Waals surface area contributed by atoms with Crippen LogP contribution in [0.3, 0.4) is 0 Å². The number of hydrogen-bond acceptors (Lipinski definition) is 8. The molecule has 6 atom stereocenters. The van der Waals surface area contributed by atoms with Gasteiger partial charge in [-0.3, -0.25) is 4.79 Å². The third-order valence-corrected chi connectivity index (χ3v) is 9.41. The van der Waals surface area contributed by atoms with Gasteiger partial charge in [-0.2, -0.15) is 0 Å². The van der Waals surface area contributed by atoms with Crippen LogP contribution < -0.4 is 0 Å². The number of aliphatic hydroxyl groups excluding tert-OH is 6. The summed E-state index contributed by atoms with van der Waals surface area (Å²) < 4.78 is 1.13. The summed E-state index contributed by atoms with van der Waals surface area (Å²) in [4.78, 5) is 12.6. The van der Waals surface area contributed by atoms with Crippen molar-refractivity contribution in [3.05, 3.63) is 35.2 Å². The van der Waals surface area contributed by atoms with Gasteiger partial charge in [-0.25, -0.2) is 0 Å². The van der Waals surface area contributed by atoms with Crippen LogP contribution in [0.5, 0.6) is 0 Å². The van der Waals surface area contributed by atoms with Gasteiger partial charge in [-0.1, -0.05) is 37.5 Å². The lowest BCUT2D eigenvalue weighted by Crippen LogP contribution is -2.37. The minimum atomic E-state index is -1.21. The van der Waals surface area contributed by atoms with Crippen molar-refractivity contribution in [1.29, 1.82) is 0 Å². The molecule has 1 aliphatic rings. The Hall–Kier alpha value is -1.59. The monoisotopic (exact) mass is 538 g/mol. The van der Waals surface area contributed by atoms with Crippen LogP contribution in [0.1, 0.15) is 68.8 Å². The predicted octanol–water partition coefficient (Wildman–Crippen LogP) is 3.08. The highest BCUT2D eigenvalue weighted by Crippen LogP contribution is 2.41. The van der Waals surface area contributed by atoms with Crippen molar-refractivity contribution in [3.63, 3.8) is 0 Å². The summed E-state index contributed by atoms with van der Waals surface area (Å²) in [5, 5.41) is 71.1. The number of rotatable bonds is 16. The van der Waals surface area contributed by atoms with E-state index >= 15 is 0 Å². The third kappa shape index (κ3) is 7.72. The van der Waals surface area contributed by atoms with E-state index in [0.717, 1.165) is 27.8 Å². The average molecular weight is 539 g/mol. The molecule has 0 saturated heterocycles. The first kappa shape index (κ1) is 30.0. The maximum atomic E-state index is 11.7. The zero-order valence-corrected chi connectivity index (χ0v) is 22.1. The van der Waals surface area contributed by atoms with Gasteiger partial charge in [0.05, 0.1) is 44.1 Å². The fourth-order valence-corrected chi connectivity index (χ4v) is 6.85. The summed E-state index contributed by atoms with van der Waals surface area (Å²) in [5.41, 5.74) is -1.21. The fraction of sp³-hybridized carbons (Fsp3) is 0.679. The Morgan fingerprint density at radius 3 is 2.22 bits per heavy atom. The lowest BCUT2D eigenvalue weighted by atomic mass is 9.79. The number of carboxylic acids is 1. The Kier molecular flexibility index (Phi) is 11.3. The minimum Gasteiger partial charge on any atom is -0.481 e. The number of unbranched alkanes of at least 4 members (excludes halogenated alkanes) is 2. The maximum absolute atomic E-state index is 11.7. The minimum absolute atomic E-state index is 0.00354. The highest BCUT2D eigenvalue weighted by molar-refractivity contribution is 7.19. The molecule has 1 aliphatic carbocycles. The van der Waals surface area contributed by atoms with Crippen molar-refractivity contribution < 1.29 is 40.5 Å². The van der Waals surface area contributed by atoms with Crippen molar-refractivity contribution in [1.82, 2.24) is 0 Å². The molecule has 37 heavy (non-hydrogen) atoms. The second kappa shape index (κ2) is 14.0. The molecule has 1 fully saturated rings. The SMILES string of the molecule is O=C(O)C(CCCCC[C@@H]1[C@@H](CC[C@@H](O)c2cc3ccccc3s2)[C@H](O)C[C@@H]1O)CC(CO)(CO)CO. The van der Waals surface area contributed by atoms with Crippen LogP contribution in [0.4, 0.5) is 0 Å². The van der Waals surface area contributed by atoms with E-state index in [1.165, 1.54) is 0 Å². The molecule has 7 N–H and O–H groups in total. The van der Waals surface area contributed by atoms with E-state index in [0.29, 0.717) is 38.5 Å². The topological polar surface area (TPSA) is 159 Å². The Labute approximate surface area is 222 Å². The highest BCUT2D eigenvalue weighted by atomic mass is 32.1. The maximum Gasteiger partial charge on any atom is 0.306 e. The van der Waals surface area contributed by atoms with E-state index in [1.54, 1.807) is 11.3 Å². The smallest absolute Gasteiger partial charge is 0.306 e. The van der Waals surface area contributed by atoms with E-state index in [9.17, 15) is 40.5 Å². The quantitative estimate of drug-likeness (QED) is 0.161. The summed E-state index contributed by atoms with van der Waals surface area (Å²) in [6.45, 7) is -1.44. The Morgan fingerprint density at radius 2 is 1.59 bits per heavy atom. The lowest BCUT2D eigenvalue weighted by molar-refractivity contribution is -0.144. The molecule has 9 heteroatoms. The molecule has 1 heterocycles. The van der Waals surface area contributed by atoms with E-state index in [2.05, 4.69) is 0 Å². The van der Waals surface area contributed by atoms with Gasteiger partial charge >= 0.3 is 5.97 Å². The second-order valence-corrected chi connectivity index (χ2v) is 11.9. The van der Waals surface area contributed by atoms with E-state index in [4.69, 9.17) is 0 Å². The fourth-order valence-electron chi connectivity index (χ4n) is 5.77. The van der Waals surface area contributed by atoms with Crippen molar-refractivity contribution in [2.24, 2.45) is 23.2 Å². The molecule has 0 amide bonds. The Bertz CT molecular complexity index is 933. The Morgan fingerprint density at radius 1 is 0.946 bits per heavy atom. The molecule has 1 unspecified atom stereocenters. The van der Waals surface area contributed by atoms with Gasteiger partial charge in [0, 0.05) is 15.0 Å². The molecule has 8 nitrogen and oxygen atoms in total. The molecule has 0 aliphatic heterocycles. The van der Waals surface area contributed by atoms with Crippen LogP contribution in [0.15, 0.2) is 30.3 Å². The van der Waals surface area contributed by atoms with E-state index in [-0.39, 0.29) is 18.3 Å². The molecule has 0 radical (unpaired) electrons. The standard InChI is InChI=1S/C28H42O8S/c29-15-28(16-30,17-31)14-19(27(35)36)7-2-1-3-8-20-21(24(34)13-23(20)33)10-11-22(32)26-12-18-6-4-5-9-25(18)37-26/h4-6,9,12,19-24,29-34H,1-3,7-8,10-11,13-17H2,(H,35,36)/t19?,20-,21-,22-,23+,24-/m1/s1. The van der Waals surface area contributed by atoms with Crippen LogP contribution in [0.25, 0.3) is 10.1 Å². The molecule has 3 rings (SSSR count). The highest BCUT2D eigenvalue weighted by Gasteiger charge is 2.41. The molecule has 0 bridgehead atoms.